The number of halogens is 2. The Bertz CT molecular complexity index is 700. The minimum atomic E-state index is -0.218. The number of nitrogens with one attached hydrogen (secondary N) is 2. The third-order valence-corrected chi connectivity index (χ3v) is 4.17. The van der Waals surface area contributed by atoms with Gasteiger partial charge in [-0.2, -0.15) is 0 Å². The van der Waals surface area contributed by atoms with Crippen LogP contribution < -0.4 is 15.4 Å². The molecule has 0 aliphatic rings. The molecule has 142 valence electrons. The van der Waals surface area contributed by atoms with Crippen LogP contribution in [0.15, 0.2) is 53.5 Å². The van der Waals surface area contributed by atoms with Crippen LogP contribution >= 0.6 is 24.0 Å². The highest BCUT2D eigenvalue weighted by Gasteiger charge is 2.20. The van der Waals surface area contributed by atoms with Crippen molar-refractivity contribution < 1.29 is 9.13 Å². The Morgan fingerprint density at radius 1 is 1.04 bits per heavy atom. The fourth-order valence-corrected chi connectivity index (χ4v) is 2.46. The van der Waals surface area contributed by atoms with Crippen molar-refractivity contribution in [2.75, 3.05) is 20.7 Å². The number of guanidine groups is 1. The second kappa shape index (κ2) is 10.4. The molecule has 0 aliphatic heterocycles. The summed E-state index contributed by atoms with van der Waals surface area (Å²) in [6.07, 6.45) is 0. The maximum Gasteiger partial charge on any atom is 0.191 e. The summed E-state index contributed by atoms with van der Waals surface area (Å²) >= 11 is 0. The highest BCUT2D eigenvalue weighted by atomic mass is 127. The predicted octanol–water partition coefficient (Wildman–Crippen LogP) is 4.10. The first-order valence-electron chi connectivity index (χ1n) is 8.28. The van der Waals surface area contributed by atoms with Gasteiger partial charge in [0, 0.05) is 25.6 Å². The van der Waals surface area contributed by atoms with E-state index in [9.17, 15) is 4.39 Å². The van der Waals surface area contributed by atoms with Gasteiger partial charge >= 0.3 is 0 Å². The Morgan fingerprint density at radius 2 is 1.65 bits per heavy atom. The Labute approximate surface area is 172 Å². The molecule has 2 N–H and O–H groups in total. The van der Waals surface area contributed by atoms with E-state index in [2.05, 4.69) is 29.5 Å². The summed E-state index contributed by atoms with van der Waals surface area (Å²) in [4.78, 5) is 4.26. The van der Waals surface area contributed by atoms with Crippen LogP contribution in [0, 0.1) is 5.82 Å². The molecular formula is C20H27FIN3O. The van der Waals surface area contributed by atoms with E-state index in [-0.39, 0.29) is 35.2 Å². The van der Waals surface area contributed by atoms with Gasteiger partial charge in [-0.3, -0.25) is 4.99 Å². The van der Waals surface area contributed by atoms with Gasteiger partial charge < -0.3 is 15.4 Å². The summed E-state index contributed by atoms with van der Waals surface area (Å²) in [5, 5.41) is 6.63. The highest BCUT2D eigenvalue weighted by molar-refractivity contribution is 14.0. The van der Waals surface area contributed by atoms with Crippen LogP contribution in [-0.4, -0.2) is 26.7 Å². The lowest BCUT2D eigenvalue weighted by molar-refractivity contribution is 0.414. The maximum atomic E-state index is 13.1. The first-order chi connectivity index (χ1) is 11.9. The lowest BCUT2D eigenvalue weighted by Gasteiger charge is -2.26. The van der Waals surface area contributed by atoms with Crippen molar-refractivity contribution >= 4 is 29.9 Å². The normalized spacial score (nSPS) is 11.5. The maximum absolute atomic E-state index is 13.1. The summed E-state index contributed by atoms with van der Waals surface area (Å²) < 4.78 is 18.3. The van der Waals surface area contributed by atoms with E-state index < -0.39 is 0 Å². The largest absolute Gasteiger partial charge is 0.497 e. The van der Waals surface area contributed by atoms with E-state index in [4.69, 9.17) is 4.74 Å². The van der Waals surface area contributed by atoms with Gasteiger partial charge in [-0.05, 0) is 35.4 Å². The van der Waals surface area contributed by atoms with Crippen LogP contribution in [0.1, 0.15) is 25.0 Å². The molecule has 0 aromatic heterocycles. The van der Waals surface area contributed by atoms with E-state index >= 15 is 0 Å². The quantitative estimate of drug-likeness (QED) is 0.379. The second-order valence-electron chi connectivity index (χ2n) is 6.52. The Balaban J connectivity index is 0.00000338. The summed E-state index contributed by atoms with van der Waals surface area (Å²) in [6, 6.07) is 14.5. The van der Waals surface area contributed by atoms with Gasteiger partial charge in [-0.25, -0.2) is 4.39 Å². The summed E-state index contributed by atoms with van der Waals surface area (Å²) in [7, 11) is 3.40. The van der Waals surface area contributed by atoms with E-state index in [0.717, 1.165) is 22.8 Å². The molecule has 0 heterocycles. The van der Waals surface area contributed by atoms with Crippen LogP contribution in [0.5, 0.6) is 5.75 Å². The number of hydrogen-bond donors (Lipinski definition) is 2. The first-order valence-corrected chi connectivity index (χ1v) is 8.28. The van der Waals surface area contributed by atoms with E-state index in [0.29, 0.717) is 13.1 Å². The molecule has 0 amide bonds. The molecule has 0 fully saturated rings. The zero-order valence-corrected chi connectivity index (χ0v) is 18.0. The lowest BCUT2D eigenvalue weighted by Crippen LogP contribution is -2.43. The molecule has 0 saturated heterocycles. The molecule has 0 aliphatic carbocycles. The molecule has 4 nitrogen and oxygen atoms in total. The van der Waals surface area contributed by atoms with Crippen molar-refractivity contribution in [3.8, 4) is 5.75 Å². The molecule has 2 rings (SSSR count). The summed E-state index contributed by atoms with van der Waals surface area (Å²) in [6.45, 7) is 5.58. The fourth-order valence-electron chi connectivity index (χ4n) is 2.46. The molecule has 0 radical (unpaired) electrons. The van der Waals surface area contributed by atoms with Crippen molar-refractivity contribution in [3.63, 3.8) is 0 Å². The van der Waals surface area contributed by atoms with Crippen LogP contribution in [0.3, 0.4) is 0 Å². The minimum Gasteiger partial charge on any atom is -0.497 e. The SMILES string of the molecule is CN=C(NCc1ccc(OC)cc1)NCC(C)(C)c1ccc(F)cc1.I. The summed E-state index contributed by atoms with van der Waals surface area (Å²) in [5.41, 5.74) is 2.07. The number of benzene rings is 2. The van der Waals surface area contributed by atoms with Crippen LogP contribution in [0.4, 0.5) is 4.39 Å². The number of ether oxygens (including phenoxy) is 1. The topological polar surface area (TPSA) is 45.7 Å². The number of aliphatic imine (C=N–C) groups is 1. The lowest BCUT2D eigenvalue weighted by atomic mass is 9.84. The smallest absolute Gasteiger partial charge is 0.191 e. The Hall–Kier alpha value is -1.83. The fraction of sp³-hybridized carbons (Fsp3) is 0.350. The van der Waals surface area contributed by atoms with Crippen LogP contribution in [-0.2, 0) is 12.0 Å². The molecule has 0 spiro atoms. The molecular weight excluding hydrogens is 444 g/mol. The Morgan fingerprint density at radius 3 is 2.19 bits per heavy atom. The van der Waals surface area contributed by atoms with Crippen molar-refractivity contribution in [2.45, 2.75) is 25.8 Å². The molecule has 0 unspecified atom stereocenters. The second-order valence-corrected chi connectivity index (χ2v) is 6.52. The number of nitrogens with zero attached hydrogens (tertiary/aromatic N) is 1. The van der Waals surface area contributed by atoms with Gasteiger partial charge in [0.1, 0.15) is 11.6 Å². The van der Waals surface area contributed by atoms with Crippen molar-refractivity contribution in [3.05, 3.63) is 65.5 Å². The van der Waals surface area contributed by atoms with Crippen molar-refractivity contribution in [2.24, 2.45) is 4.99 Å². The molecule has 0 saturated carbocycles. The number of rotatable bonds is 6. The molecule has 0 atom stereocenters. The number of methoxy groups -OCH3 is 1. The van der Waals surface area contributed by atoms with Crippen molar-refractivity contribution in [1.82, 2.24) is 10.6 Å². The van der Waals surface area contributed by atoms with Gasteiger partial charge in [-0.15, -0.1) is 24.0 Å². The van der Waals surface area contributed by atoms with E-state index in [1.807, 2.05) is 36.4 Å². The zero-order chi connectivity index (χ0) is 18.3. The molecule has 2 aromatic carbocycles. The number of hydrogen-bond acceptors (Lipinski definition) is 2. The van der Waals surface area contributed by atoms with Gasteiger partial charge in [0.25, 0.3) is 0 Å². The third kappa shape index (κ3) is 6.48. The Kier molecular flexibility index (Phi) is 8.84. The van der Waals surface area contributed by atoms with E-state index in [1.165, 1.54) is 12.1 Å². The van der Waals surface area contributed by atoms with Gasteiger partial charge in [0.15, 0.2) is 5.96 Å². The summed E-state index contributed by atoms with van der Waals surface area (Å²) in [5.74, 6) is 1.35. The highest BCUT2D eigenvalue weighted by Crippen LogP contribution is 2.22. The monoisotopic (exact) mass is 471 g/mol. The first kappa shape index (κ1) is 22.2. The molecule has 0 bridgehead atoms. The minimum absolute atomic E-state index is 0. The molecule has 2 aromatic rings. The molecule has 6 heteroatoms. The zero-order valence-electron chi connectivity index (χ0n) is 15.7. The average Bonchev–Trinajstić information content (AvgIpc) is 2.62. The van der Waals surface area contributed by atoms with Gasteiger partial charge in [0.05, 0.1) is 7.11 Å². The van der Waals surface area contributed by atoms with Gasteiger partial charge in [-0.1, -0.05) is 38.1 Å². The third-order valence-electron chi connectivity index (χ3n) is 4.17. The molecule has 26 heavy (non-hydrogen) atoms. The predicted molar refractivity (Wildman–Crippen MR) is 116 cm³/mol. The van der Waals surface area contributed by atoms with Gasteiger partial charge in [0.2, 0.25) is 0 Å². The van der Waals surface area contributed by atoms with Crippen LogP contribution in [0.2, 0.25) is 0 Å². The average molecular weight is 471 g/mol. The standard InChI is InChI=1S/C20H26FN3O.HI/c1-20(2,16-7-9-17(21)10-8-16)14-24-19(22-3)23-13-15-5-11-18(25-4)12-6-15;/h5-12H,13-14H2,1-4H3,(H2,22,23,24);1H. The van der Waals surface area contributed by atoms with Crippen molar-refractivity contribution in [1.29, 1.82) is 0 Å². The van der Waals surface area contributed by atoms with Crippen LogP contribution in [0.25, 0.3) is 0 Å². The van der Waals surface area contributed by atoms with E-state index in [1.54, 1.807) is 14.2 Å².